The second-order valence-corrected chi connectivity index (χ2v) is 9.01. The highest BCUT2D eigenvalue weighted by Crippen LogP contribution is 2.18. The standard InChI is InChI=1S/C27H34N4O6/c1-3-37-24(33)17-30-13-14-31(23(27(30)36)16-19-7-5-4-6-8-19)26(35)18(2)29-25(34)22(28)15-20-9-11-21(32)12-10-20/h4-12,18,22-23,32H,3,13-17,28H2,1-2H3,(H,29,34)/t18-,22+,23-/m1/s1. The van der Waals surface area contributed by atoms with Gasteiger partial charge in [0.05, 0.1) is 12.6 Å². The van der Waals surface area contributed by atoms with Crippen LogP contribution in [-0.2, 0) is 36.8 Å². The third-order valence-corrected chi connectivity index (χ3v) is 6.22. The van der Waals surface area contributed by atoms with Crippen LogP contribution < -0.4 is 11.1 Å². The number of amides is 3. The summed E-state index contributed by atoms with van der Waals surface area (Å²) in [4.78, 5) is 54.4. The zero-order valence-corrected chi connectivity index (χ0v) is 21.1. The number of esters is 1. The SMILES string of the molecule is CCOC(=O)CN1CCN(C(=O)[C@@H](C)NC(=O)[C@@H](N)Cc2ccc(O)cc2)[C@H](Cc2ccccc2)C1=O. The lowest BCUT2D eigenvalue weighted by Gasteiger charge is -2.41. The lowest BCUT2D eigenvalue weighted by molar-refractivity contribution is -0.157. The van der Waals surface area contributed by atoms with Gasteiger partial charge in [0.2, 0.25) is 17.7 Å². The molecule has 3 amide bonds. The van der Waals surface area contributed by atoms with Gasteiger partial charge in [-0.25, -0.2) is 0 Å². The fourth-order valence-corrected chi connectivity index (χ4v) is 4.27. The maximum atomic E-state index is 13.4. The molecule has 1 fully saturated rings. The number of nitrogens with two attached hydrogens (primary N) is 1. The molecule has 2 aromatic rings. The minimum Gasteiger partial charge on any atom is -0.508 e. The number of carbonyl (C=O) groups is 4. The molecule has 2 aromatic carbocycles. The van der Waals surface area contributed by atoms with E-state index in [4.69, 9.17) is 10.5 Å². The van der Waals surface area contributed by atoms with Gasteiger partial charge in [0.15, 0.2) is 0 Å². The number of ether oxygens (including phenoxy) is 1. The molecule has 0 aromatic heterocycles. The number of aromatic hydroxyl groups is 1. The average Bonchev–Trinajstić information content (AvgIpc) is 2.88. The summed E-state index contributed by atoms with van der Waals surface area (Å²) in [5.74, 6) is -1.64. The fourth-order valence-electron chi connectivity index (χ4n) is 4.27. The first-order valence-corrected chi connectivity index (χ1v) is 12.3. The highest BCUT2D eigenvalue weighted by molar-refractivity contribution is 5.94. The Morgan fingerprint density at radius 1 is 1.08 bits per heavy atom. The van der Waals surface area contributed by atoms with E-state index in [0.717, 1.165) is 11.1 Å². The molecule has 10 nitrogen and oxygen atoms in total. The number of nitrogens with zero attached hydrogens (tertiary/aromatic N) is 2. The first-order valence-electron chi connectivity index (χ1n) is 12.3. The van der Waals surface area contributed by atoms with Crippen LogP contribution >= 0.6 is 0 Å². The van der Waals surface area contributed by atoms with Gasteiger partial charge in [-0.1, -0.05) is 42.5 Å². The van der Waals surface area contributed by atoms with Crippen LogP contribution in [0, 0.1) is 0 Å². The number of benzene rings is 2. The Balaban J connectivity index is 1.69. The zero-order chi connectivity index (χ0) is 26.9. The van der Waals surface area contributed by atoms with Crippen molar-refractivity contribution in [3.05, 3.63) is 65.7 Å². The Bertz CT molecular complexity index is 1090. The third-order valence-electron chi connectivity index (χ3n) is 6.22. The highest BCUT2D eigenvalue weighted by Gasteiger charge is 2.40. The second kappa shape index (κ2) is 12.9. The van der Waals surface area contributed by atoms with Crippen LogP contribution in [0.25, 0.3) is 0 Å². The van der Waals surface area contributed by atoms with E-state index in [1.165, 1.54) is 21.9 Å². The van der Waals surface area contributed by atoms with E-state index >= 15 is 0 Å². The van der Waals surface area contributed by atoms with Crippen LogP contribution in [0.1, 0.15) is 25.0 Å². The first-order chi connectivity index (χ1) is 17.7. The van der Waals surface area contributed by atoms with Gasteiger partial charge in [0.1, 0.15) is 24.4 Å². The Kier molecular flexibility index (Phi) is 9.62. The van der Waals surface area contributed by atoms with Crippen LogP contribution in [0.4, 0.5) is 0 Å². The number of hydrogen-bond acceptors (Lipinski definition) is 7. The molecule has 0 saturated carbocycles. The van der Waals surface area contributed by atoms with Gasteiger partial charge in [-0.2, -0.15) is 0 Å². The molecule has 0 aliphatic carbocycles. The van der Waals surface area contributed by atoms with Crippen molar-refractivity contribution >= 4 is 23.7 Å². The van der Waals surface area contributed by atoms with Gasteiger partial charge in [-0.3, -0.25) is 19.2 Å². The van der Waals surface area contributed by atoms with Gasteiger partial charge >= 0.3 is 5.97 Å². The minimum absolute atomic E-state index is 0.114. The molecule has 1 aliphatic heterocycles. The predicted molar refractivity (Wildman–Crippen MR) is 136 cm³/mol. The van der Waals surface area contributed by atoms with Gasteiger partial charge in [-0.15, -0.1) is 0 Å². The highest BCUT2D eigenvalue weighted by atomic mass is 16.5. The lowest BCUT2D eigenvalue weighted by Crippen LogP contribution is -2.63. The molecule has 0 spiro atoms. The summed E-state index contributed by atoms with van der Waals surface area (Å²) in [7, 11) is 0. The molecule has 4 N–H and O–H groups in total. The van der Waals surface area contributed by atoms with E-state index in [0.29, 0.717) is 0 Å². The molecule has 1 heterocycles. The monoisotopic (exact) mass is 510 g/mol. The van der Waals surface area contributed by atoms with Gasteiger partial charge < -0.3 is 30.7 Å². The van der Waals surface area contributed by atoms with Crippen molar-refractivity contribution in [1.29, 1.82) is 0 Å². The zero-order valence-electron chi connectivity index (χ0n) is 21.1. The minimum atomic E-state index is -0.916. The number of phenols is 1. The van der Waals surface area contributed by atoms with Crippen molar-refractivity contribution in [2.75, 3.05) is 26.2 Å². The Labute approximate surface area is 216 Å². The quantitative estimate of drug-likeness (QED) is 0.398. The molecular formula is C27H34N4O6. The third kappa shape index (κ3) is 7.53. The molecule has 198 valence electrons. The van der Waals surface area contributed by atoms with Crippen LogP contribution in [0.5, 0.6) is 5.75 Å². The van der Waals surface area contributed by atoms with Crippen molar-refractivity contribution in [2.45, 2.75) is 44.8 Å². The fraction of sp³-hybridized carbons (Fsp3) is 0.407. The predicted octanol–water partition coefficient (Wildman–Crippen LogP) is 0.612. The first kappa shape index (κ1) is 27.7. The van der Waals surface area contributed by atoms with E-state index in [2.05, 4.69) is 5.32 Å². The van der Waals surface area contributed by atoms with Gasteiger partial charge in [-0.05, 0) is 43.5 Å². The largest absolute Gasteiger partial charge is 0.508 e. The van der Waals surface area contributed by atoms with Crippen LogP contribution in [0.2, 0.25) is 0 Å². The van der Waals surface area contributed by atoms with Crippen molar-refractivity contribution in [1.82, 2.24) is 15.1 Å². The molecular weight excluding hydrogens is 476 g/mol. The smallest absolute Gasteiger partial charge is 0.325 e. The van der Waals surface area contributed by atoms with Crippen LogP contribution in [-0.4, -0.2) is 83.0 Å². The van der Waals surface area contributed by atoms with E-state index in [9.17, 15) is 24.3 Å². The summed E-state index contributed by atoms with van der Waals surface area (Å²) < 4.78 is 4.99. The Morgan fingerprint density at radius 2 is 1.76 bits per heavy atom. The van der Waals surface area contributed by atoms with E-state index in [-0.39, 0.29) is 50.7 Å². The maximum Gasteiger partial charge on any atom is 0.325 e. The molecule has 10 heteroatoms. The average molecular weight is 511 g/mol. The number of hydrogen-bond donors (Lipinski definition) is 3. The van der Waals surface area contributed by atoms with E-state index < -0.39 is 35.9 Å². The summed E-state index contributed by atoms with van der Waals surface area (Å²) in [6.07, 6.45) is 0.500. The molecule has 0 unspecified atom stereocenters. The van der Waals surface area contributed by atoms with E-state index in [1.54, 1.807) is 26.0 Å². The lowest BCUT2D eigenvalue weighted by atomic mass is 10.00. The van der Waals surface area contributed by atoms with Crippen molar-refractivity contribution in [2.24, 2.45) is 5.73 Å². The summed E-state index contributed by atoms with van der Waals surface area (Å²) >= 11 is 0. The normalized spacial score (nSPS) is 17.2. The number of rotatable bonds is 10. The van der Waals surface area contributed by atoms with Crippen LogP contribution in [0.15, 0.2) is 54.6 Å². The number of nitrogens with one attached hydrogen (secondary N) is 1. The molecule has 0 bridgehead atoms. The van der Waals surface area contributed by atoms with Crippen molar-refractivity contribution in [3.63, 3.8) is 0 Å². The Morgan fingerprint density at radius 3 is 2.41 bits per heavy atom. The molecule has 3 atom stereocenters. The molecule has 1 aliphatic rings. The second-order valence-electron chi connectivity index (χ2n) is 9.01. The van der Waals surface area contributed by atoms with Crippen molar-refractivity contribution < 1.29 is 29.0 Å². The summed E-state index contributed by atoms with van der Waals surface area (Å²) in [5.41, 5.74) is 7.69. The summed E-state index contributed by atoms with van der Waals surface area (Å²) in [6, 6.07) is 13.0. The topological polar surface area (TPSA) is 142 Å². The number of piperazine rings is 1. The molecule has 3 rings (SSSR count). The van der Waals surface area contributed by atoms with Crippen LogP contribution in [0.3, 0.4) is 0 Å². The maximum absolute atomic E-state index is 13.4. The summed E-state index contributed by atoms with van der Waals surface area (Å²) in [5, 5.41) is 12.1. The molecule has 1 saturated heterocycles. The van der Waals surface area contributed by atoms with Gasteiger partial charge in [0, 0.05) is 19.5 Å². The summed E-state index contributed by atoms with van der Waals surface area (Å²) in [6.45, 7) is 3.67. The Hall–Kier alpha value is -3.92. The molecule has 37 heavy (non-hydrogen) atoms. The number of carbonyl (C=O) groups excluding carboxylic acids is 4. The van der Waals surface area contributed by atoms with E-state index in [1.807, 2.05) is 30.3 Å². The van der Waals surface area contributed by atoms with Crippen molar-refractivity contribution in [3.8, 4) is 5.75 Å². The van der Waals surface area contributed by atoms with Gasteiger partial charge in [0.25, 0.3) is 0 Å². The number of phenolic OH excluding ortho intramolecular Hbond substituents is 1. The molecule has 0 radical (unpaired) electrons.